The molecule has 1 N–H and O–H groups in total. The van der Waals surface area contributed by atoms with Gasteiger partial charge in [0.15, 0.2) is 0 Å². The molecule has 1 aliphatic rings. The normalized spacial score (nSPS) is 18.3. The summed E-state index contributed by atoms with van der Waals surface area (Å²) in [6.07, 6.45) is 0.578. The third kappa shape index (κ3) is 3.53. The van der Waals surface area contributed by atoms with Crippen LogP contribution in [-0.2, 0) is 0 Å². The summed E-state index contributed by atoms with van der Waals surface area (Å²) in [6.45, 7) is 2.26. The van der Waals surface area contributed by atoms with E-state index in [1.807, 2.05) is 18.2 Å². The van der Waals surface area contributed by atoms with Gasteiger partial charge in [0, 0.05) is 34.5 Å². The van der Waals surface area contributed by atoms with Gasteiger partial charge in [-0.15, -0.1) is 0 Å². The van der Waals surface area contributed by atoms with Crippen molar-refractivity contribution in [2.24, 2.45) is 4.99 Å². The van der Waals surface area contributed by atoms with Crippen molar-refractivity contribution in [3.63, 3.8) is 0 Å². The number of aromatic hydroxyl groups is 1. The second-order valence-corrected chi connectivity index (χ2v) is 7.48. The van der Waals surface area contributed by atoms with E-state index in [4.69, 9.17) is 4.42 Å². The van der Waals surface area contributed by atoms with Crippen molar-refractivity contribution in [3.05, 3.63) is 62.1 Å². The van der Waals surface area contributed by atoms with Gasteiger partial charge in [-0.3, -0.25) is 4.99 Å². The molecule has 0 amide bonds. The van der Waals surface area contributed by atoms with Crippen molar-refractivity contribution in [1.29, 1.82) is 0 Å². The van der Waals surface area contributed by atoms with Crippen molar-refractivity contribution in [1.82, 2.24) is 0 Å². The maximum absolute atomic E-state index is 12.2. The zero-order valence-corrected chi connectivity index (χ0v) is 15.0. The van der Waals surface area contributed by atoms with E-state index in [0.717, 1.165) is 10.2 Å². The predicted octanol–water partition coefficient (Wildman–Crippen LogP) is 4.08. The number of halogens is 1. The Morgan fingerprint density at radius 2 is 2.17 bits per heavy atom. The number of thioether (sulfide) groups is 1. The largest absolute Gasteiger partial charge is 0.507 e. The van der Waals surface area contributed by atoms with Crippen LogP contribution in [0.1, 0.15) is 28.6 Å². The number of nitrogens with zero attached hydrogens (tertiary/aromatic N) is 1. The van der Waals surface area contributed by atoms with E-state index in [9.17, 15) is 9.90 Å². The zero-order valence-electron chi connectivity index (χ0n) is 12.6. The van der Waals surface area contributed by atoms with Gasteiger partial charge in [-0.25, -0.2) is 4.79 Å². The zero-order chi connectivity index (χ0) is 16.4. The first-order valence-electron chi connectivity index (χ1n) is 7.29. The smallest absolute Gasteiger partial charge is 0.348 e. The predicted molar refractivity (Wildman–Crippen MR) is 96.7 cm³/mol. The quantitative estimate of drug-likeness (QED) is 0.834. The molecule has 3 rings (SSSR count). The highest BCUT2D eigenvalue weighted by Gasteiger charge is 2.24. The van der Waals surface area contributed by atoms with Crippen LogP contribution in [0.25, 0.3) is 0 Å². The molecular formula is C17H16BrNO3S. The Labute approximate surface area is 146 Å². The number of hydrogen-bond donors (Lipinski definition) is 1. The molecule has 1 aliphatic heterocycles. The SMILES string of the molecule is Cc1cc(O)c(C2=NCCSC(c3ccccc3Br)C2)c(=O)o1. The lowest BCUT2D eigenvalue weighted by molar-refractivity contribution is 0.432. The summed E-state index contributed by atoms with van der Waals surface area (Å²) >= 11 is 5.39. The molecule has 0 aliphatic carbocycles. The molecule has 6 heteroatoms. The Morgan fingerprint density at radius 3 is 2.91 bits per heavy atom. The molecule has 1 atom stereocenters. The third-order valence-corrected chi connectivity index (χ3v) is 5.65. The Bertz CT molecular complexity index is 816. The molecule has 4 nitrogen and oxygen atoms in total. The lowest BCUT2D eigenvalue weighted by Gasteiger charge is -2.17. The number of rotatable bonds is 2. The fourth-order valence-corrected chi connectivity index (χ4v) is 4.51. The van der Waals surface area contributed by atoms with Gasteiger partial charge in [0.05, 0.1) is 5.71 Å². The lowest BCUT2D eigenvalue weighted by Crippen LogP contribution is -2.17. The van der Waals surface area contributed by atoms with Gasteiger partial charge >= 0.3 is 5.63 Å². The van der Waals surface area contributed by atoms with E-state index in [0.29, 0.717) is 24.4 Å². The Morgan fingerprint density at radius 1 is 1.39 bits per heavy atom. The van der Waals surface area contributed by atoms with Crippen LogP contribution in [0, 0.1) is 6.92 Å². The number of hydrogen-bond acceptors (Lipinski definition) is 5. The van der Waals surface area contributed by atoms with Gasteiger partial charge in [0.2, 0.25) is 0 Å². The minimum absolute atomic E-state index is 0.0599. The van der Waals surface area contributed by atoms with Crippen LogP contribution in [-0.4, -0.2) is 23.1 Å². The second-order valence-electron chi connectivity index (χ2n) is 5.32. The average molecular weight is 394 g/mol. The van der Waals surface area contributed by atoms with Crippen LogP contribution in [0.2, 0.25) is 0 Å². The Kier molecular flexibility index (Phi) is 4.92. The third-order valence-electron chi connectivity index (χ3n) is 3.69. The molecule has 23 heavy (non-hydrogen) atoms. The van der Waals surface area contributed by atoms with Gasteiger partial charge < -0.3 is 9.52 Å². The summed E-state index contributed by atoms with van der Waals surface area (Å²) < 4.78 is 6.18. The molecule has 0 saturated carbocycles. The molecule has 1 aromatic heterocycles. The van der Waals surface area contributed by atoms with Crippen LogP contribution in [0.4, 0.5) is 0 Å². The standard InChI is InChI=1S/C17H16BrNO3S/c1-10-8-14(20)16(17(21)22-10)13-9-15(23-7-6-19-13)11-4-2-3-5-12(11)18/h2-5,8,15,20H,6-7,9H2,1H3. The maximum atomic E-state index is 12.2. The molecular weight excluding hydrogens is 378 g/mol. The Balaban J connectivity index is 1.99. The number of aliphatic imine (C=N–C) groups is 1. The van der Waals surface area contributed by atoms with Crippen molar-refractivity contribution < 1.29 is 9.52 Å². The Hall–Kier alpha value is -1.53. The van der Waals surface area contributed by atoms with Gasteiger partial charge in [0.1, 0.15) is 17.1 Å². The molecule has 0 spiro atoms. The molecule has 0 radical (unpaired) electrons. The van der Waals surface area contributed by atoms with E-state index < -0.39 is 5.63 Å². The van der Waals surface area contributed by atoms with Gasteiger partial charge in [-0.2, -0.15) is 11.8 Å². The van der Waals surface area contributed by atoms with Crippen molar-refractivity contribution in [2.45, 2.75) is 18.6 Å². The highest BCUT2D eigenvalue weighted by atomic mass is 79.9. The number of benzene rings is 1. The highest BCUT2D eigenvalue weighted by molar-refractivity contribution is 9.10. The summed E-state index contributed by atoms with van der Waals surface area (Å²) in [5, 5.41) is 10.3. The lowest BCUT2D eigenvalue weighted by atomic mass is 10.0. The van der Waals surface area contributed by atoms with Gasteiger partial charge in [0.25, 0.3) is 0 Å². The van der Waals surface area contributed by atoms with Gasteiger partial charge in [-0.1, -0.05) is 34.1 Å². The van der Waals surface area contributed by atoms with E-state index in [-0.39, 0.29) is 16.6 Å². The molecule has 0 saturated heterocycles. The summed E-state index contributed by atoms with van der Waals surface area (Å²) in [5.74, 6) is 1.20. The maximum Gasteiger partial charge on any atom is 0.348 e. The molecule has 0 bridgehead atoms. The molecule has 120 valence electrons. The molecule has 0 fully saturated rings. The molecule has 1 aromatic carbocycles. The highest BCUT2D eigenvalue weighted by Crippen LogP contribution is 2.39. The second kappa shape index (κ2) is 6.93. The topological polar surface area (TPSA) is 62.8 Å². The minimum atomic E-state index is -0.529. The minimum Gasteiger partial charge on any atom is -0.507 e. The summed E-state index contributed by atoms with van der Waals surface area (Å²) in [5.41, 5.74) is 1.44. The molecule has 2 heterocycles. The molecule has 1 unspecified atom stereocenters. The van der Waals surface area contributed by atoms with Crippen molar-refractivity contribution in [3.8, 4) is 5.75 Å². The van der Waals surface area contributed by atoms with Crippen molar-refractivity contribution in [2.75, 3.05) is 12.3 Å². The fourth-order valence-electron chi connectivity index (χ4n) is 2.65. The summed E-state index contributed by atoms with van der Waals surface area (Å²) in [6, 6.07) is 9.52. The first-order chi connectivity index (χ1) is 11.1. The van der Waals surface area contributed by atoms with Gasteiger partial charge in [-0.05, 0) is 18.6 Å². The summed E-state index contributed by atoms with van der Waals surface area (Å²) in [7, 11) is 0. The average Bonchev–Trinajstić information content (AvgIpc) is 2.73. The van der Waals surface area contributed by atoms with Crippen LogP contribution >= 0.6 is 27.7 Å². The fraction of sp³-hybridized carbons (Fsp3) is 0.294. The summed E-state index contributed by atoms with van der Waals surface area (Å²) in [4.78, 5) is 16.7. The van der Waals surface area contributed by atoms with E-state index in [1.54, 1.807) is 18.7 Å². The number of aryl methyl sites for hydroxylation is 1. The first-order valence-corrected chi connectivity index (χ1v) is 9.14. The van der Waals surface area contributed by atoms with Crippen LogP contribution in [0.15, 0.2) is 49.0 Å². The van der Waals surface area contributed by atoms with Crippen LogP contribution < -0.4 is 5.63 Å². The molecule has 2 aromatic rings. The van der Waals surface area contributed by atoms with Crippen LogP contribution in [0.3, 0.4) is 0 Å². The van der Waals surface area contributed by atoms with Crippen LogP contribution in [0.5, 0.6) is 5.75 Å². The van der Waals surface area contributed by atoms with E-state index >= 15 is 0 Å². The van der Waals surface area contributed by atoms with E-state index in [2.05, 4.69) is 27.0 Å². The van der Waals surface area contributed by atoms with Crippen molar-refractivity contribution >= 4 is 33.4 Å². The van der Waals surface area contributed by atoms with E-state index in [1.165, 1.54) is 11.6 Å². The monoisotopic (exact) mass is 393 g/mol. The first kappa shape index (κ1) is 16.3.